The Hall–Kier alpha value is -1.23. The Morgan fingerprint density at radius 3 is 2.67 bits per heavy atom. The highest BCUT2D eigenvalue weighted by Gasteiger charge is 2.28. The molecule has 2 N–H and O–H groups in total. The molecule has 0 spiro atoms. The maximum atomic E-state index is 11.6. The summed E-state index contributed by atoms with van der Waals surface area (Å²) in [5.41, 5.74) is 8.03. The second kappa shape index (κ2) is 3.41. The van der Waals surface area contributed by atoms with E-state index in [4.69, 9.17) is 5.73 Å². The van der Waals surface area contributed by atoms with E-state index in [9.17, 15) is 8.42 Å². The third-order valence-corrected chi connectivity index (χ3v) is 4.52. The standard InChI is InChI=1S/C10H14N2O2S/c1-8-3-4-9(7-10(8)11)12-5-2-6-15(12,13)14/h3-4,7H,2,5-6,11H2,1H3. The third kappa shape index (κ3) is 1.79. The fourth-order valence-corrected chi connectivity index (χ4v) is 3.27. The van der Waals surface area contributed by atoms with E-state index < -0.39 is 10.0 Å². The Balaban J connectivity index is 2.42. The van der Waals surface area contributed by atoms with Crippen LogP contribution in [0.2, 0.25) is 0 Å². The molecule has 1 aromatic rings. The van der Waals surface area contributed by atoms with Crippen LogP contribution in [0, 0.1) is 6.92 Å². The van der Waals surface area contributed by atoms with Crippen LogP contribution in [0.3, 0.4) is 0 Å². The number of anilines is 2. The van der Waals surface area contributed by atoms with Gasteiger partial charge in [-0.2, -0.15) is 0 Å². The summed E-state index contributed by atoms with van der Waals surface area (Å²) in [6, 6.07) is 5.37. The Morgan fingerprint density at radius 1 is 1.40 bits per heavy atom. The Morgan fingerprint density at radius 2 is 2.13 bits per heavy atom. The predicted molar refractivity (Wildman–Crippen MR) is 61.3 cm³/mol. The van der Waals surface area contributed by atoms with E-state index in [0.29, 0.717) is 24.3 Å². The molecule has 82 valence electrons. The molecule has 4 nitrogen and oxygen atoms in total. The lowest BCUT2D eigenvalue weighted by molar-refractivity contribution is 0.599. The molecule has 1 aromatic carbocycles. The lowest BCUT2D eigenvalue weighted by atomic mass is 10.2. The van der Waals surface area contributed by atoms with Crippen LogP contribution in [0.15, 0.2) is 18.2 Å². The summed E-state index contributed by atoms with van der Waals surface area (Å²) in [5, 5.41) is 0. The van der Waals surface area contributed by atoms with Crippen molar-refractivity contribution >= 4 is 21.4 Å². The van der Waals surface area contributed by atoms with Crippen LogP contribution in [0.5, 0.6) is 0 Å². The predicted octanol–water partition coefficient (Wildman–Crippen LogP) is 1.12. The molecule has 1 aliphatic heterocycles. The van der Waals surface area contributed by atoms with E-state index in [2.05, 4.69) is 0 Å². The lowest BCUT2D eigenvalue weighted by Gasteiger charge is -2.17. The number of hydrogen-bond acceptors (Lipinski definition) is 3. The van der Waals surface area contributed by atoms with Crippen molar-refractivity contribution in [1.82, 2.24) is 0 Å². The van der Waals surface area contributed by atoms with Gasteiger partial charge in [0.1, 0.15) is 0 Å². The van der Waals surface area contributed by atoms with Gasteiger partial charge in [-0.1, -0.05) is 6.07 Å². The molecule has 0 bridgehead atoms. The van der Waals surface area contributed by atoms with Crippen molar-refractivity contribution in [3.8, 4) is 0 Å². The zero-order chi connectivity index (χ0) is 11.1. The van der Waals surface area contributed by atoms with Crippen LogP contribution in [0.4, 0.5) is 11.4 Å². The van der Waals surface area contributed by atoms with Crippen molar-refractivity contribution in [3.63, 3.8) is 0 Å². The maximum Gasteiger partial charge on any atom is 0.235 e. The van der Waals surface area contributed by atoms with E-state index in [1.165, 1.54) is 4.31 Å². The highest BCUT2D eigenvalue weighted by molar-refractivity contribution is 7.93. The van der Waals surface area contributed by atoms with Gasteiger partial charge in [0.25, 0.3) is 0 Å². The number of sulfonamides is 1. The molecular formula is C10H14N2O2S. The summed E-state index contributed by atoms with van der Waals surface area (Å²) >= 11 is 0. The van der Waals surface area contributed by atoms with Gasteiger partial charge in [0.15, 0.2) is 0 Å². The van der Waals surface area contributed by atoms with E-state index in [-0.39, 0.29) is 5.75 Å². The second-order valence-electron chi connectivity index (χ2n) is 3.78. The lowest BCUT2D eigenvalue weighted by Crippen LogP contribution is -2.25. The monoisotopic (exact) mass is 226 g/mol. The van der Waals surface area contributed by atoms with Gasteiger partial charge in [-0.3, -0.25) is 4.31 Å². The summed E-state index contributed by atoms with van der Waals surface area (Å²) in [5.74, 6) is 0.237. The largest absolute Gasteiger partial charge is 0.398 e. The van der Waals surface area contributed by atoms with Crippen LogP contribution >= 0.6 is 0 Å². The van der Waals surface area contributed by atoms with Gasteiger partial charge >= 0.3 is 0 Å². The summed E-state index contributed by atoms with van der Waals surface area (Å²) in [4.78, 5) is 0. The van der Waals surface area contributed by atoms with Crippen molar-refractivity contribution in [3.05, 3.63) is 23.8 Å². The highest BCUT2D eigenvalue weighted by atomic mass is 32.2. The van der Waals surface area contributed by atoms with Gasteiger partial charge in [0, 0.05) is 12.2 Å². The summed E-state index contributed by atoms with van der Waals surface area (Å²) in [6.45, 7) is 2.46. The number of hydrogen-bond donors (Lipinski definition) is 1. The average molecular weight is 226 g/mol. The van der Waals surface area contributed by atoms with Crippen LogP contribution < -0.4 is 10.0 Å². The fraction of sp³-hybridized carbons (Fsp3) is 0.400. The molecule has 15 heavy (non-hydrogen) atoms. The van der Waals surface area contributed by atoms with E-state index >= 15 is 0 Å². The molecule has 0 atom stereocenters. The second-order valence-corrected chi connectivity index (χ2v) is 5.80. The molecule has 0 unspecified atom stereocenters. The Kier molecular flexibility index (Phi) is 2.34. The van der Waals surface area contributed by atoms with Gasteiger partial charge in [0.2, 0.25) is 10.0 Å². The SMILES string of the molecule is Cc1ccc(N2CCCS2(=O)=O)cc1N. The molecule has 1 aliphatic rings. The fourth-order valence-electron chi connectivity index (χ4n) is 1.71. The van der Waals surface area contributed by atoms with Crippen molar-refractivity contribution in [2.45, 2.75) is 13.3 Å². The molecule has 1 saturated heterocycles. The van der Waals surface area contributed by atoms with Gasteiger partial charge in [-0.15, -0.1) is 0 Å². The normalized spacial score (nSPS) is 19.4. The van der Waals surface area contributed by atoms with Crippen LogP contribution in [-0.4, -0.2) is 20.7 Å². The first kappa shape index (κ1) is 10.3. The van der Waals surface area contributed by atoms with Gasteiger partial charge in [0.05, 0.1) is 11.4 Å². The molecule has 5 heteroatoms. The smallest absolute Gasteiger partial charge is 0.235 e. The van der Waals surface area contributed by atoms with Gasteiger partial charge in [-0.05, 0) is 31.0 Å². The van der Waals surface area contributed by atoms with Crippen molar-refractivity contribution in [2.24, 2.45) is 0 Å². The zero-order valence-corrected chi connectivity index (χ0v) is 9.42. The highest BCUT2D eigenvalue weighted by Crippen LogP contribution is 2.26. The van der Waals surface area contributed by atoms with E-state index in [1.807, 2.05) is 13.0 Å². The minimum absolute atomic E-state index is 0.237. The molecule has 0 aliphatic carbocycles. The maximum absolute atomic E-state index is 11.6. The molecule has 1 heterocycles. The minimum Gasteiger partial charge on any atom is -0.398 e. The number of rotatable bonds is 1. The van der Waals surface area contributed by atoms with Gasteiger partial charge in [-0.25, -0.2) is 8.42 Å². The molecule has 1 fully saturated rings. The van der Waals surface area contributed by atoms with Crippen LogP contribution in [-0.2, 0) is 10.0 Å². The quantitative estimate of drug-likeness (QED) is 0.730. The molecule has 0 radical (unpaired) electrons. The zero-order valence-electron chi connectivity index (χ0n) is 8.60. The van der Waals surface area contributed by atoms with E-state index in [0.717, 1.165) is 5.56 Å². The Bertz CT molecular complexity index is 482. The topological polar surface area (TPSA) is 63.4 Å². The number of nitrogens with two attached hydrogens (primary N) is 1. The first-order valence-electron chi connectivity index (χ1n) is 4.87. The molecule has 0 saturated carbocycles. The number of nitrogens with zero attached hydrogens (tertiary/aromatic N) is 1. The Labute approximate surface area is 89.7 Å². The molecular weight excluding hydrogens is 212 g/mol. The summed E-state index contributed by atoms with van der Waals surface area (Å²) in [6.07, 6.45) is 0.691. The summed E-state index contributed by atoms with van der Waals surface area (Å²) in [7, 11) is -3.09. The summed E-state index contributed by atoms with van der Waals surface area (Å²) < 4.78 is 24.7. The molecule has 2 rings (SSSR count). The van der Waals surface area contributed by atoms with Crippen molar-refractivity contribution < 1.29 is 8.42 Å². The van der Waals surface area contributed by atoms with Gasteiger partial charge < -0.3 is 5.73 Å². The van der Waals surface area contributed by atoms with Crippen LogP contribution in [0.25, 0.3) is 0 Å². The third-order valence-electron chi connectivity index (χ3n) is 2.65. The van der Waals surface area contributed by atoms with Crippen molar-refractivity contribution in [2.75, 3.05) is 22.3 Å². The van der Waals surface area contributed by atoms with Crippen LogP contribution in [0.1, 0.15) is 12.0 Å². The van der Waals surface area contributed by atoms with Crippen molar-refractivity contribution in [1.29, 1.82) is 0 Å². The first-order chi connectivity index (χ1) is 7.00. The molecule has 0 aromatic heterocycles. The molecule has 0 amide bonds. The first-order valence-corrected chi connectivity index (χ1v) is 6.48. The number of aryl methyl sites for hydroxylation is 1. The number of nitrogen functional groups attached to an aromatic ring is 1. The average Bonchev–Trinajstić information content (AvgIpc) is 2.50. The number of benzene rings is 1. The van der Waals surface area contributed by atoms with E-state index in [1.54, 1.807) is 12.1 Å². The minimum atomic E-state index is -3.09.